The van der Waals surface area contributed by atoms with Crippen molar-refractivity contribution in [3.8, 4) is 6.07 Å². The number of carbonyl (C=O) groups excluding carboxylic acids is 1. The number of nitrogens with zero attached hydrogens (tertiary/aromatic N) is 5. The molecule has 0 aromatic heterocycles. The molecule has 1 unspecified atom stereocenters. The standard InChI is InChI=1S/C19H20ClN5O4/c1-14(26)29-12-11-24(10-2-9-21)16-5-3-15(4-6-16)22-23-19-8-7-17(25(27)28)13-18(19)20/h3,5-8,13,15H,2,4,10-12H2,1H3/b23-22+. The van der Waals surface area contributed by atoms with Crippen LogP contribution in [-0.4, -0.2) is 41.5 Å². The van der Waals surface area contributed by atoms with E-state index < -0.39 is 4.92 Å². The van der Waals surface area contributed by atoms with Crippen molar-refractivity contribution in [1.82, 2.24) is 4.90 Å². The third-order valence-electron chi connectivity index (χ3n) is 4.04. The molecule has 0 saturated carbocycles. The summed E-state index contributed by atoms with van der Waals surface area (Å²) < 4.78 is 4.98. The van der Waals surface area contributed by atoms with Crippen molar-refractivity contribution in [1.29, 1.82) is 5.26 Å². The third-order valence-corrected chi connectivity index (χ3v) is 4.34. The van der Waals surface area contributed by atoms with Crippen LogP contribution < -0.4 is 0 Å². The van der Waals surface area contributed by atoms with E-state index in [0.29, 0.717) is 31.6 Å². The molecule has 0 amide bonds. The lowest BCUT2D eigenvalue weighted by Gasteiger charge is -2.26. The molecule has 152 valence electrons. The van der Waals surface area contributed by atoms with Crippen molar-refractivity contribution in [2.45, 2.75) is 25.8 Å². The molecule has 2 rings (SSSR count). The van der Waals surface area contributed by atoms with Gasteiger partial charge in [-0.15, -0.1) is 0 Å². The molecule has 0 heterocycles. The van der Waals surface area contributed by atoms with Crippen LogP contribution in [0.2, 0.25) is 5.02 Å². The molecule has 1 aromatic carbocycles. The number of rotatable bonds is 9. The first-order valence-electron chi connectivity index (χ1n) is 8.89. The number of hydrogen-bond acceptors (Lipinski definition) is 8. The third kappa shape index (κ3) is 7.01. The normalized spacial score (nSPS) is 15.6. The second-order valence-electron chi connectivity index (χ2n) is 6.13. The van der Waals surface area contributed by atoms with Gasteiger partial charge in [-0.25, -0.2) is 0 Å². The Kier molecular flexibility index (Phi) is 8.30. The van der Waals surface area contributed by atoms with Gasteiger partial charge in [-0.05, 0) is 18.6 Å². The molecule has 1 atom stereocenters. The van der Waals surface area contributed by atoms with E-state index in [4.69, 9.17) is 21.6 Å². The molecule has 0 N–H and O–H groups in total. The maximum atomic E-state index is 10.9. The number of carbonyl (C=O) groups is 1. The lowest BCUT2D eigenvalue weighted by molar-refractivity contribution is -0.384. The Morgan fingerprint density at radius 2 is 2.28 bits per heavy atom. The van der Waals surface area contributed by atoms with E-state index >= 15 is 0 Å². The number of non-ortho nitro benzene ring substituents is 1. The number of ether oxygens (including phenoxy) is 1. The van der Waals surface area contributed by atoms with Crippen molar-refractivity contribution in [2.75, 3.05) is 19.7 Å². The fourth-order valence-corrected chi connectivity index (χ4v) is 2.81. The van der Waals surface area contributed by atoms with Gasteiger partial charge < -0.3 is 9.64 Å². The number of hydrogen-bond donors (Lipinski definition) is 0. The Bertz CT molecular complexity index is 891. The summed E-state index contributed by atoms with van der Waals surface area (Å²) in [5.74, 6) is -0.344. The second-order valence-corrected chi connectivity index (χ2v) is 6.54. The number of allylic oxidation sites excluding steroid dienone is 1. The summed E-state index contributed by atoms with van der Waals surface area (Å²) in [6.45, 7) is 2.61. The summed E-state index contributed by atoms with van der Waals surface area (Å²) in [7, 11) is 0. The molecule has 0 radical (unpaired) electrons. The lowest BCUT2D eigenvalue weighted by Crippen LogP contribution is -2.29. The number of nitro benzene ring substituents is 1. The highest BCUT2D eigenvalue weighted by Crippen LogP contribution is 2.30. The van der Waals surface area contributed by atoms with Gasteiger partial charge in [-0.1, -0.05) is 23.8 Å². The number of nitro groups is 1. The zero-order chi connectivity index (χ0) is 21.2. The van der Waals surface area contributed by atoms with E-state index in [9.17, 15) is 14.9 Å². The van der Waals surface area contributed by atoms with Gasteiger partial charge in [0.25, 0.3) is 5.69 Å². The molecular weight excluding hydrogens is 398 g/mol. The predicted octanol–water partition coefficient (Wildman–Crippen LogP) is 4.32. The molecular formula is C19H20ClN5O4. The van der Waals surface area contributed by atoms with Gasteiger partial charge in [0.15, 0.2) is 0 Å². The van der Waals surface area contributed by atoms with E-state index in [1.807, 2.05) is 23.1 Å². The summed E-state index contributed by atoms with van der Waals surface area (Å²) >= 11 is 6.02. The number of nitriles is 1. The van der Waals surface area contributed by atoms with Gasteiger partial charge in [0.2, 0.25) is 0 Å². The van der Waals surface area contributed by atoms with E-state index in [-0.39, 0.29) is 29.3 Å². The molecule has 1 aliphatic carbocycles. The Morgan fingerprint density at radius 1 is 1.48 bits per heavy atom. The molecule has 0 saturated heterocycles. The Hall–Kier alpha value is -3.25. The van der Waals surface area contributed by atoms with Crippen LogP contribution in [0.4, 0.5) is 11.4 Å². The predicted molar refractivity (Wildman–Crippen MR) is 107 cm³/mol. The smallest absolute Gasteiger partial charge is 0.302 e. The van der Waals surface area contributed by atoms with Crippen molar-refractivity contribution < 1.29 is 14.5 Å². The largest absolute Gasteiger partial charge is 0.464 e. The first kappa shape index (κ1) is 22.0. The molecule has 1 aliphatic rings. The van der Waals surface area contributed by atoms with Gasteiger partial charge in [0.1, 0.15) is 12.3 Å². The number of esters is 1. The number of azo groups is 1. The van der Waals surface area contributed by atoms with E-state index in [1.165, 1.54) is 25.1 Å². The molecule has 0 bridgehead atoms. The maximum absolute atomic E-state index is 10.9. The summed E-state index contributed by atoms with van der Waals surface area (Å²) in [6, 6.07) is 5.93. The molecule has 1 aromatic rings. The summed E-state index contributed by atoms with van der Waals surface area (Å²) in [6.07, 6.45) is 6.69. The van der Waals surface area contributed by atoms with Gasteiger partial charge >= 0.3 is 5.97 Å². The van der Waals surface area contributed by atoms with E-state index in [2.05, 4.69) is 16.3 Å². The molecule has 0 aliphatic heterocycles. The van der Waals surface area contributed by atoms with Gasteiger partial charge in [-0.3, -0.25) is 14.9 Å². The molecule has 29 heavy (non-hydrogen) atoms. The number of halogens is 1. The van der Waals surface area contributed by atoms with E-state index in [0.717, 1.165) is 5.70 Å². The average Bonchev–Trinajstić information content (AvgIpc) is 2.69. The Morgan fingerprint density at radius 3 is 2.86 bits per heavy atom. The van der Waals surface area contributed by atoms with Crippen molar-refractivity contribution in [3.05, 3.63) is 57.3 Å². The van der Waals surface area contributed by atoms with Crippen LogP contribution in [0.25, 0.3) is 0 Å². The highest BCUT2D eigenvalue weighted by molar-refractivity contribution is 6.33. The van der Waals surface area contributed by atoms with Gasteiger partial charge in [0.05, 0.1) is 35.0 Å². The molecule has 0 fully saturated rings. The van der Waals surface area contributed by atoms with Crippen LogP contribution in [0.15, 0.2) is 52.4 Å². The van der Waals surface area contributed by atoms with Crippen LogP contribution in [0.3, 0.4) is 0 Å². The zero-order valence-corrected chi connectivity index (χ0v) is 16.6. The Balaban J connectivity index is 1.98. The van der Waals surface area contributed by atoms with Gasteiger partial charge in [-0.2, -0.15) is 15.5 Å². The number of benzene rings is 1. The molecule has 0 spiro atoms. The van der Waals surface area contributed by atoms with Crippen LogP contribution >= 0.6 is 11.6 Å². The van der Waals surface area contributed by atoms with Crippen molar-refractivity contribution in [3.63, 3.8) is 0 Å². The van der Waals surface area contributed by atoms with Crippen LogP contribution in [0, 0.1) is 21.4 Å². The highest BCUT2D eigenvalue weighted by atomic mass is 35.5. The minimum atomic E-state index is -0.525. The second kappa shape index (κ2) is 10.9. The fourth-order valence-electron chi connectivity index (χ4n) is 2.60. The monoisotopic (exact) mass is 417 g/mol. The minimum Gasteiger partial charge on any atom is -0.464 e. The topological polar surface area (TPSA) is 121 Å². The molecule has 9 nitrogen and oxygen atoms in total. The SMILES string of the molecule is CC(=O)OCCN(CCC#N)C1=CCC(/N=N/c2ccc([N+](=O)[O-])cc2Cl)C=C1. The molecule has 10 heteroatoms. The average molecular weight is 418 g/mol. The summed E-state index contributed by atoms with van der Waals surface area (Å²) in [5, 5.41) is 28.1. The van der Waals surface area contributed by atoms with Crippen LogP contribution in [-0.2, 0) is 9.53 Å². The lowest BCUT2D eigenvalue weighted by atomic mass is 10.1. The Labute approximate surface area is 173 Å². The summed E-state index contributed by atoms with van der Waals surface area (Å²) in [5.41, 5.74) is 1.18. The first-order valence-corrected chi connectivity index (χ1v) is 9.27. The van der Waals surface area contributed by atoms with E-state index in [1.54, 1.807) is 0 Å². The van der Waals surface area contributed by atoms with Crippen molar-refractivity contribution in [2.24, 2.45) is 10.2 Å². The quantitative estimate of drug-likeness (QED) is 0.255. The fraction of sp³-hybridized carbons (Fsp3) is 0.368. The minimum absolute atomic E-state index is 0.106. The zero-order valence-electron chi connectivity index (χ0n) is 15.8. The highest BCUT2D eigenvalue weighted by Gasteiger charge is 2.14. The maximum Gasteiger partial charge on any atom is 0.302 e. The first-order chi connectivity index (χ1) is 13.9. The van der Waals surface area contributed by atoms with Crippen LogP contribution in [0.1, 0.15) is 19.8 Å². The van der Waals surface area contributed by atoms with Crippen molar-refractivity contribution >= 4 is 28.9 Å². The van der Waals surface area contributed by atoms with Gasteiger partial charge in [0, 0.05) is 31.3 Å². The van der Waals surface area contributed by atoms with Crippen LogP contribution in [0.5, 0.6) is 0 Å². The summed E-state index contributed by atoms with van der Waals surface area (Å²) in [4.78, 5) is 23.1.